The highest BCUT2D eigenvalue weighted by Gasteiger charge is 2.22. The first kappa shape index (κ1) is 17.7. The van der Waals surface area contributed by atoms with Crippen LogP contribution in [0.3, 0.4) is 0 Å². The smallest absolute Gasteiger partial charge is 0.110 e. The molecule has 4 rings (SSSR count). The molecule has 7 heteroatoms. The molecule has 140 valence electrons. The number of likely N-dealkylation sites (tertiary alicyclic amines) is 1. The molecule has 0 amide bonds. The summed E-state index contributed by atoms with van der Waals surface area (Å²) >= 11 is 0. The van der Waals surface area contributed by atoms with Crippen molar-refractivity contribution in [2.75, 3.05) is 13.1 Å². The Labute approximate surface area is 159 Å². The second kappa shape index (κ2) is 7.92. The van der Waals surface area contributed by atoms with Crippen LogP contribution in [0.5, 0.6) is 0 Å². The molecule has 3 aromatic heterocycles. The maximum atomic E-state index is 4.65. The molecule has 7 nitrogen and oxygen atoms in total. The van der Waals surface area contributed by atoms with Crippen LogP contribution in [0.2, 0.25) is 0 Å². The summed E-state index contributed by atoms with van der Waals surface area (Å²) in [5.41, 5.74) is 4.12. The van der Waals surface area contributed by atoms with E-state index in [4.69, 9.17) is 0 Å². The van der Waals surface area contributed by atoms with Crippen molar-refractivity contribution in [3.05, 3.63) is 54.4 Å². The summed E-state index contributed by atoms with van der Waals surface area (Å²) in [5, 5.41) is 0. The second-order valence-electron chi connectivity index (χ2n) is 7.22. The molecule has 27 heavy (non-hydrogen) atoms. The number of aryl methyl sites for hydroxylation is 1. The lowest BCUT2D eigenvalue weighted by atomic mass is 9.91. The molecule has 0 atom stereocenters. The zero-order chi connectivity index (χ0) is 18.6. The molecule has 0 aliphatic carbocycles. The minimum Gasteiger partial charge on any atom is -0.330 e. The van der Waals surface area contributed by atoms with Gasteiger partial charge in [0.2, 0.25) is 0 Å². The van der Waals surface area contributed by atoms with E-state index in [9.17, 15) is 0 Å². The summed E-state index contributed by atoms with van der Waals surface area (Å²) < 4.78 is 2.08. The standard InChI is InChI=1S/C20H25N7/c1-15-25-13-19(26(15)2)20-18(23-7-8-24-20)11-16-3-9-27(10-4-16)14-17-12-21-5-6-22-17/h5-8,12-13,16H,3-4,9-11,14H2,1-2H3. The summed E-state index contributed by atoms with van der Waals surface area (Å²) in [6.45, 7) is 5.06. The average molecular weight is 363 g/mol. The number of hydrogen-bond donors (Lipinski definition) is 0. The van der Waals surface area contributed by atoms with Crippen LogP contribution in [-0.4, -0.2) is 47.5 Å². The van der Waals surface area contributed by atoms with E-state index in [0.717, 1.165) is 54.7 Å². The number of rotatable bonds is 5. The van der Waals surface area contributed by atoms with Crippen LogP contribution in [0.25, 0.3) is 11.4 Å². The van der Waals surface area contributed by atoms with Gasteiger partial charge in [-0.2, -0.15) is 0 Å². The third kappa shape index (κ3) is 4.03. The van der Waals surface area contributed by atoms with Crippen LogP contribution in [0.15, 0.2) is 37.2 Å². The van der Waals surface area contributed by atoms with E-state index in [-0.39, 0.29) is 0 Å². The molecule has 0 aromatic carbocycles. The molecule has 0 N–H and O–H groups in total. The normalized spacial score (nSPS) is 15.9. The molecule has 3 aromatic rings. The highest BCUT2D eigenvalue weighted by Crippen LogP contribution is 2.26. The predicted octanol–water partition coefficient (Wildman–Crippen LogP) is 2.43. The van der Waals surface area contributed by atoms with E-state index >= 15 is 0 Å². The number of imidazole rings is 1. The van der Waals surface area contributed by atoms with E-state index in [1.54, 1.807) is 24.8 Å². The van der Waals surface area contributed by atoms with Gasteiger partial charge in [-0.25, -0.2) is 4.98 Å². The van der Waals surface area contributed by atoms with E-state index < -0.39 is 0 Å². The highest BCUT2D eigenvalue weighted by atomic mass is 15.1. The Hall–Kier alpha value is -2.67. The molecule has 1 aliphatic heterocycles. The van der Waals surface area contributed by atoms with E-state index in [1.807, 2.05) is 26.4 Å². The Balaban J connectivity index is 1.40. The maximum absolute atomic E-state index is 4.65. The van der Waals surface area contributed by atoms with Crippen LogP contribution < -0.4 is 0 Å². The van der Waals surface area contributed by atoms with Gasteiger partial charge in [-0.15, -0.1) is 0 Å². The van der Waals surface area contributed by atoms with E-state index in [2.05, 4.69) is 34.4 Å². The van der Waals surface area contributed by atoms with Gasteiger partial charge in [-0.05, 0) is 45.2 Å². The van der Waals surface area contributed by atoms with Crippen molar-refractivity contribution in [2.45, 2.75) is 32.7 Å². The van der Waals surface area contributed by atoms with Gasteiger partial charge in [0.15, 0.2) is 0 Å². The lowest BCUT2D eigenvalue weighted by Crippen LogP contribution is -2.34. The van der Waals surface area contributed by atoms with Crippen LogP contribution in [0.1, 0.15) is 30.1 Å². The first-order valence-electron chi connectivity index (χ1n) is 9.46. The molecule has 0 spiro atoms. The fourth-order valence-corrected chi connectivity index (χ4v) is 3.72. The predicted molar refractivity (Wildman–Crippen MR) is 103 cm³/mol. The van der Waals surface area contributed by atoms with Gasteiger partial charge in [0, 0.05) is 44.6 Å². The largest absolute Gasteiger partial charge is 0.330 e. The summed E-state index contributed by atoms with van der Waals surface area (Å²) in [6.07, 6.45) is 14.1. The first-order chi connectivity index (χ1) is 13.2. The molecule has 1 fully saturated rings. The zero-order valence-corrected chi connectivity index (χ0v) is 15.9. The molecule has 1 saturated heterocycles. The van der Waals surface area contributed by atoms with Crippen LogP contribution in [0, 0.1) is 12.8 Å². The van der Waals surface area contributed by atoms with Crippen molar-refractivity contribution in [3.63, 3.8) is 0 Å². The Kier molecular flexibility index (Phi) is 5.20. The van der Waals surface area contributed by atoms with Crippen LogP contribution in [-0.2, 0) is 20.0 Å². The molecule has 4 heterocycles. The third-order valence-corrected chi connectivity index (χ3v) is 5.43. The van der Waals surface area contributed by atoms with Gasteiger partial charge in [0.25, 0.3) is 0 Å². The fraction of sp³-hybridized carbons (Fsp3) is 0.450. The van der Waals surface area contributed by atoms with Gasteiger partial charge < -0.3 is 4.57 Å². The van der Waals surface area contributed by atoms with Gasteiger partial charge in [-0.3, -0.25) is 24.8 Å². The second-order valence-corrected chi connectivity index (χ2v) is 7.22. The number of hydrogen-bond acceptors (Lipinski definition) is 6. The summed E-state index contributed by atoms with van der Waals surface area (Å²) in [7, 11) is 2.03. The maximum Gasteiger partial charge on any atom is 0.110 e. The quantitative estimate of drug-likeness (QED) is 0.693. The SMILES string of the molecule is Cc1ncc(-c2nccnc2CC2CCN(Cc3cnccn3)CC2)n1C. The Morgan fingerprint density at radius 3 is 2.44 bits per heavy atom. The van der Waals surface area contributed by atoms with Crippen LogP contribution >= 0.6 is 0 Å². The number of nitrogens with zero attached hydrogens (tertiary/aromatic N) is 7. The summed E-state index contributed by atoms with van der Waals surface area (Å²) in [4.78, 5) is 24.7. The van der Waals surface area contributed by atoms with Gasteiger partial charge in [0.1, 0.15) is 11.5 Å². The van der Waals surface area contributed by atoms with Gasteiger partial charge >= 0.3 is 0 Å². The van der Waals surface area contributed by atoms with Crippen molar-refractivity contribution in [3.8, 4) is 11.4 Å². The monoisotopic (exact) mass is 363 g/mol. The third-order valence-electron chi connectivity index (χ3n) is 5.43. The van der Waals surface area contributed by atoms with E-state index in [1.165, 1.54) is 12.8 Å². The molecule has 0 radical (unpaired) electrons. The van der Waals surface area contributed by atoms with Crippen molar-refractivity contribution in [2.24, 2.45) is 13.0 Å². The van der Waals surface area contributed by atoms with Crippen molar-refractivity contribution in [1.29, 1.82) is 0 Å². The molecule has 1 aliphatic rings. The molecular weight excluding hydrogens is 338 g/mol. The highest BCUT2D eigenvalue weighted by molar-refractivity contribution is 5.57. The van der Waals surface area contributed by atoms with Crippen molar-refractivity contribution in [1.82, 2.24) is 34.4 Å². The Morgan fingerprint density at radius 2 is 1.74 bits per heavy atom. The minimum absolute atomic E-state index is 0.632. The minimum atomic E-state index is 0.632. The lowest BCUT2D eigenvalue weighted by Gasteiger charge is -2.31. The summed E-state index contributed by atoms with van der Waals surface area (Å²) in [5.74, 6) is 1.62. The van der Waals surface area contributed by atoms with Gasteiger partial charge in [-0.1, -0.05) is 0 Å². The van der Waals surface area contributed by atoms with E-state index in [0.29, 0.717) is 5.92 Å². The van der Waals surface area contributed by atoms with Crippen LogP contribution in [0.4, 0.5) is 0 Å². The average Bonchev–Trinajstić information content (AvgIpc) is 3.03. The Bertz CT molecular complexity index is 882. The molecule has 0 unspecified atom stereocenters. The van der Waals surface area contributed by atoms with Crippen molar-refractivity contribution < 1.29 is 0 Å². The first-order valence-corrected chi connectivity index (χ1v) is 9.46. The molecule has 0 bridgehead atoms. The number of aromatic nitrogens is 6. The fourth-order valence-electron chi connectivity index (χ4n) is 3.72. The zero-order valence-electron chi connectivity index (χ0n) is 15.9. The molecular formula is C20H25N7. The van der Waals surface area contributed by atoms with Crippen molar-refractivity contribution >= 4 is 0 Å². The Morgan fingerprint density at radius 1 is 0.963 bits per heavy atom. The summed E-state index contributed by atoms with van der Waals surface area (Å²) in [6, 6.07) is 0. The number of piperidine rings is 1. The topological polar surface area (TPSA) is 72.6 Å². The van der Waals surface area contributed by atoms with Gasteiger partial charge in [0.05, 0.1) is 23.3 Å². The lowest BCUT2D eigenvalue weighted by molar-refractivity contribution is 0.174. The molecule has 0 saturated carbocycles.